The predicted molar refractivity (Wildman–Crippen MR) is 90.5 cm³/mol. The zero-order valence-corrected chi connectivity index (χ0v) is 14.7. The highest BCUT2D eigenvalue weighted by Crippen LogP contribution is 2.07. The lowest BCUT2D eigenvalue weighted by Gasteiger charge is -2.07. The van der Waals surface area contributed by atoms with Gasteiger partial charge >= 0.3 is 0 Å². The van der Waals surface area contributed by atoms with Crippen LogP contribution in [0, 0.1) is 5.92 Å². The fourth-order valence-electron chi connectivity index (χ4n) is 2.24. The summed E-state index contributed by atoms with van der Waals surface area (Å²) in [7, 11) is 0. The smallest absolute Gasteiger partial charge is 0.219 e. The molecular weight excluding hydrogens is 262 g/mol. The third-order valence-electron chi connectivity index (χ3n) is 3.53. The molecule has 0 radical (unpaired) electrons. The van der Waals surface area contributed by atoms with Crippen LogP contribution in [-0.4, -0.2) is 25.2 Å². The van der Waals surface area contributed by atoms with Gasteiger partial charge < -0.3 is 10.1 Å². The molecule has 1 N–H and O–H groups in total. The Labute approximate surface area is 132 Å². The molecule has 126 valence electrons. The van der Waals surface area contributed by atoms with Crippen LogP contribution >= 0.6 is 0 Å². The first kappa shape index (κ1) is 20.4. The zero-order valence-electron chi connectivity index (χ0n) is 14.7. The Morgan fingerprint density at radius 2 is 1.52 bits per heavy atom. The number of carbonyl (C=O) groups is 1. The van der Waals surface area contributed by atoms with Gasteiger partial charge in [0.15, 0.2) is 0 Å². The van der Waals surface area contributed by atoms with Gasteiger partial charge in [0.05, 0.1) is 6.10 Å². The summed E-state index contributed by atoms with van der Waals surface area (Å²) in [6.45, 7) is 10.3. The summed E-state index contributed by atoms with van der Waals surface area (Å²) < 4.78 is 5.51. The zero-order chi connectivity index (χ0) is 15.9. The maximum absolute atomic E-state index is 11.6. The summed E-state index contributed by atoms with van der Waals surface area (Å²) in [5.74, 6) is 0.922. The number of ether oxygens (including phenoxy) is 1. The van der Waals surface area contributed by atoms with Crippen LogP contribution in [0.2, 0.25) is 0 Å². The van der Waals surface area contributed by atoms with Crippen LogP contribution in [0.1, 0.15) is 85.5 Å². The number of unbranched alkanes of at least 4 members (excludes halogenated alkanes) is 5. The molecule has 0 bridgehead atoms. The van der Waals surface area contributed by atoms with Gasteiger partial charge in [0.25, 0.3) is 0 Å². The number of rotatable bonds is 14. The first-order valence-corrected chi connectivity index (χ1v) is 8.90. The lowest BCUT2D eigenvalue weighted by molar-refractivity contribution is -0.121. The highest BCUT2D eigenvalue weighted by atomic mass is 16.5. The second-order valence-corrected chi connectivity index (χ2v) is 6.68. The molecule has 0 spiro atoms. The average Bonchev–Trinajstić information content (AvgIpc) is 2.40. The minimum atomic E-state index is 0.224. The molecule has 0 atom stereocenters. The Hall–Kier alpha value is -0.570. The summed E-state index contributed by atoms with van der Waals surface area (Å²) in [5.41, 5.74) is 0. The van der Waals surface area contributed by atoms with Crippen molar-refractivity contribution >= 4 is 5.91 Å². The second-order valence-electron chi connectivity index (χ2n) is 6.68. The maximum atomic E-state index is 11.6. The molecule has 3 nitrogen and oxygen atoms in total. The van der Waals surface area contributed by atoms with Crippen LogP contribution in [0.15, 0.2) is 0 Å². The van der Waals surface area contributed by atoms with E-state index in [1.54, 1.807) is 0 Å². The maximum Gasteiger partial charge on any atom is 0.219 e. The number of hydrogen-bond donors (Lipinski definition) is 1. The van der Waals surface area contributed by atoms with Crippen molar-refractivity contribution in [3.63, 3.8) is 0 Å². The summed E-state index contributed by atoms with van der Waals surface area (Å²) in [6, 6.07) is 0. The third-order valence-corrected chi connectivity index (χ3v) is 3.53. The molecule has 0 aliphatic rings. The van der Waals surface area contributed by atoms with Gasteiger partial charge in [0.2, 0.25) is 5.91 Å². The Balaban J connectivity index is 3.16. The van der Waals surface area contributed by atoms with Crippen LogP contribution in [0.25, 0.3) is 0 Å². The van der Waals surface area contributed by atoms with Gasteiger partial charge in [0.1, 0.15) is 0 Å². The largest absolute Gasteiger partial charge is 0.379 e. The van der Waals surface area contributed by atoms with E-state index in [-0.39, 0.29) is 5.91 Å². The van der Waals surface area contributed by atoms with Crippen LogP contribution in [0.3, 0.4) is 0 Å². The van der Waals surface area contributed by atoms with Gasteiger partial charge in [-0.3, -0.25) is 4.79 Å². The van der Waals surface area contributed by atoms with Gasteiger partial charge in [-0.15, -0.1) is 0 Å². The van der Waals surface area contributed by atoms with E-state index in [0.717, 1.165) is 32.4 Å². The molecular formula is C18H37NO2. The van der Waals surface area contributed by atoms with Crippen molar-refractivity contribution < 1.29 is 9.53 Å². The summed E-state index contributed by atoms with van der Waals surface area (Å²) in [5, 5.41) is 3.02. The van der Waals surface area contributed by atoms with Crippen LogP contribution in [0.5, 0.6) is 0 Å². The molecule has 1 amide bonds. The topological polar surface area (TPSA) is 38.3 Å². The molecule has 0 fully saturated rings. The van der Waals surface area contributed by atoms with E-state index < -0.39 is 0 Å². The van der Waals surface area contributed by atoms with E-state index >= 15 is 0 Å². The normalized spacial score (nSPS) is 11.3. The van der Waals surface area contributed by atoms with Crippen molar-refractivity contribution in [2.45, 2.75) is 91.6 Å². The van der Waals surface area contributed by atoms with Gasteiger partial charge in [-0.1, -0.05) is 46.0 Å². The van der Waals surface area contributed by atoms with Crippen LogP contribution in [-0.2, 0) is 9.53 Å². The SMILES string of the molecule is CC(C)CCCC(=O)NCCCCCCCCOC(C)C. The van der Waals surface area contributed by atoms with E-state index in [0.29, 0.717) is 18.4 Å². The van der Waals surface area contributed by atoms with E-state index in [9.17, 15) is 4.79 Å². The van der Waals surface area contributed by atoms with Crippen LogP contribution in [0.4, 0.5) is 0 Å². The molecule has 0 unspecified atom stereocenters. The molecule has 0 aromatic heterocycles. The summed E-state index contributed by atoms with van der Waals surface area (Å²) >= 11 is 0. The Morgan fingerprint density at radius 3 is 2.14 bits per heavy atom. The lowest BCUT2D eigenvalue weighted by atomic mass is 10.1. The van der Waals surface area contributed by atoms with Crippen molar-refractivity contribution in [3.05, 3.63) is 0 Å². The number of hydrogen-bond acceptors (Lipinski definition) is 2. The van der Waals surface area contributed by atoms with E-state index in [1.165, 1.54) is 32.1 Å². The highest BCUT2D eigenvalue weighted by molar-refractivity contribution is 5.75. The molecule has 0 saturated heterocycles. The van der Waals surface area contributed by atoms with Gasteiger partial charge in [-0.25, -0.2) is 0 Å². The molecule has 3 heteroatoms. The molecule has 0 saturated carbocycles. The average molecular weight is 299 g/mol. The quantitative estimate of drug-likeness (QED) is 0.472. The van der Waals surface area contributed by atoms with E-state index in [1.807, 2.05) is 0 Å². The first-order chi connectivity index (χ1) is 10.0. The second kappa shape index (κ2) is 14.4. The monoisotopic (exact) mass is 299 g/mol. The summed E-state index contributed by atoms with van der Waals surface area (Å²) in [4.78, 5) is 11.6. The lowest BCUT2D eigenvalue weighted by Crippen LogP contribution is -2.24. The van der Waals surface area contributed by atoms with Crippen molar-refractivity contribution in [1.82, 2.24) is 5.32 Å². The van der Waals surface area contributed by atoms with Gasteiger partial charge in [-0.05, 0) is 39.0 Å². The Kier molecular flexibility index (Phi) is 14.0. The predicted octanol–water partition coefficient (Wildman–Crippen LogP) is 4.69. The van der Waals surface area contributed by atoms with Gasteiger partial charge in [0, 0.05) is 19.6 Å². The standard InChI is InChI=1S/C18H37NO2/c1-16(2)12-11-13-18(20)19-14-9-7-5-6-8-10-15-21-17(3)4/h16-17H,5-15H2,1-4H3,(H,19,20). The molecule has 0 aliphatic carbocycles. The van der Waals surface area contributed by atoms with Crippen molar-refractivity contribution in [2.75, 3.05) is 13.2 Å². The van der Waals surface area contributed by atoms with E-state index in [4.69, 9.17) is 4.74 Å². The molecule has 0 rings (SSSR count). The third kappa shape index (κ3) is 17.4. The molecule has 21 heavy (non-hydrogen) atoms. The van der Waals surface area contributed by atoms with Crippen molar-refractivity contribution in [1.29, 1.82) is 0 Å². The minimum Gasteiger partial charge on any atom is -0.379 e. The fourth-order valence-corrected chi connectivity index (χ4v) is 2.24. The van der Waals surface area contributed by atoms with Crippen molar-refractivity contribution in [3.8, 4) is 0 Å². The van der Waals surface area contributed by atoms with E-state index in [2.05, 4.69) is 33.0 Å². The Morgan fingerprint density at radius 1 is 0.905 bits per heavy atom. The molecule has 0 heterocycles. The number of nitrogens with one attached hydrogen (secondary N) is 1. The van der Waals surface area contributed by atoms with Crippen LogP contribution < -0.4 is 5.32 Å². The number of carbonyl (C=O) groups excluding carboxylic acids is 1. The summed E-state index contributed by atoms with van der Waals surface area (Å²) in [6.07, 6.45) is 10.5. The Bertz CT molecular complexity index is 239. The molecule has 0 aromatic carbocycles. The molecule has 0 aromatic rings. The van der Waals surface area contributed by atoms with Gasteiger partial charge in [-0.2, -0.15) is 0 Å². The fraction of sp³-hybridized carbons (Fsp3) is 0.944. The first-order valence-electron chi connectivity index (χ1n) is 8.90. The van der Waals surface area contributed by atoms with Crippen molar-refractivity contribution in [2.24, 2.45) is 5.92 Å². The number of amides is 1. The molecule has 0 aliphatic heterocycles. The minimum absolute atomic E-state index is 0.224. The highest BCUT2D eigenvalue weighted by Gasteiger charge is 2.01.